The Bertz CT molecular complexity index is 792. The number of piperidine rings is 1. The van der Waals surface area contributed by atoms with Crippen LogP contribution in [-0.4, -0.2) is 55.4 Å². The van der Waals surface area contributed by atoms with Crippen LogP contribution in [0.15, 0.2) is 24.8 Å². The molecule has 2 heterocycles. The Kier molecular flexibility index (Phi) is 7.00. The smallest absolute Gasteiger partial charge is 0.410 e. The molecule has 2 rings (SSSR count). The molecule has 0 spiro atoms. The average molecular weight is 396 g/mol. The van der Waals surface area contributed by atoms with Crippen molar-refractivity contribution in [2.75, 3.05) is 12.8 Å². The minimum Gasteiger partial charge on any atom is -0.447 e. The molecular formula is C19H29N3O4S. The predicted octanol–water partition coefficient (Wildman–Crippen LogP) is 2.58. The Balaban J connectivity index is 2.32. The summed E-state index contributed by atoms with van der Waals surface area (Å²) in [5.41, 5.74) is 2.42. The molecule has 27 heavy (non-hydrogen) atoms. The molecular weight excluding hydrogens is 366 g/mol. The average Bonchev–Trinajstić information content (AvgIpc) is 2.54. The van der Waals surface area contributed by atoms with Crippen molar-refractivity contribution < 1.29 is 17.9 Å². The first kappa shape index (κ1) is 21.4. The van der Waals surface area contributed by atoms with Crippen LogP contribution in [0.3, 0.4) is 0 Å². The van der Waals surface area contributed by atoms with Crippen molar-refractivity contribution in [2.45, 2.75) is 58.2 Å². The van der Waals surface area contributed by atoms with Crippen molar-refractivity contribution in [2.24, 2.45) is 0 Å². The molecule has 150 valence electrons. The maximum atomic E-state index is 12.6. The highest BCUT2D eigenvalue weighted by Crippen LogP contribution is 2.23. The maximum Gasteiger partial charge on any atom is 0.410 e. The Morgan fingerprint density at radius 1 is 1.44 bits per heavy atom. The van der Waals surface area contributed by atoms with Gasteiger partial charge in [-0.05, 0) is 51.3 Å². The number of rotatable bonds is 6. The maximum absolute atomic E-state index is 12.6. The summed E-state index contributed by atoms with van der Waals surface area (Å²) in [4.78, 5) is 18.8. The van der Waals surface area contributed by atoms with E-state index >= 15 is 0 Å². The van der Waals surface area contributed by atoms with E-state index in [-0.39, 0.29) is 18.2 Å². The van der Waals surface area contributed by atoms with Crippen LogP contribution in [0.1, 0.15) is 45.0 Å². The van der Waals surface area contributed by atoms with Crippen LogP contribution in [0.5, 0.6) is 0 Å². The number of aromatic nitrogens is 1. The number of likely N-dealkylation sites (tertiary alicyclic amines) is 1. The highest BCUT2D eigenvalue weighted by atomic mass is 32.2. The molecule has 1 aromatic rings. The van der Waals surface area contributed by atoms with Crippen molar-refractivity contribution in [3.8, 4) is 0 Å². The third-order valence-corrected chi connectivity index (χ3v) is 5.11. The van der Waals surface area contributed by atoms with E-state index in [4.69, 9.17) is 4.74 Å². The minimum absolute atomic E-state index is 0.244. The number of sulfonamides is 1. The molecule has 1 N–H and O–H groups in total. The first-order valence-corrected chi connectivity index (χ1v) is 11.0. The van der Waals surface area contributed by atoms with Crippen LogP contribution < -0.4 is 4.72 Å². The fourth-order valence-corrected chi connectivity index (χ4v) is 4.09. The van der Waals surface area contributed by atoms with Gasteiger partial charge in [-0.2, -0.15) is 0 Å². The summed E-state index contributed by atoms with van der Waals surface area (Å²) in [5, 5.41) is 0. The van der Waals surface area contributed by atoms with E-state index in [1.807, 2.05) is 25.1 Å². The molecule has 1 fully saturated rings. The lowest BCUT2D eigenvalue weighted by Crippen LogP contribution is -2.58. The summed E-state index contributed by atoms with van der Waals surface area (Å²) < 4.78 is 31.7. The van der Waals surface area contributed by atoms with Crippen molar-refractivity contribution in [1.29, 1.82) is 0 Å². The number of carbonyl (C=O) groups excluding carboxylic acids is 1. The van der Waals surface area contributed by atoms with E-state index in [1.165, 1.54) is 0 Å². The first-order valence-electron chi connectivity index (χ1n) is 9.13. The number of carbonyl (C=O) groups is 1. The zero-order valence-electron chi connectivity index (χ0n) is 16.4. The van der Waals surface area contributed by atoms with Gasteiger partial charge in [-0.3, -0.25) is 4.98 Å². The molecule has 0 radical (unpaired) electrons. The normalized spacial score (nSPS) is 20.6. The zero-order chi connectivity index (χ0) is 20.2. The summed E-state index contributed by atoms with van der Waals surface area (Å²) in [7, 11) is -3.41. The summed E-state index contributed by atoms with van der Waals surface area (Å²) in [6.07, 6.45) is 2.26. The molecule has 1 aliphatic heterocycles. The fourth-order valence-electron chi connectivity index (χ4n) is 3.26. The molecule has 8 heteroatoms. The van der Waals surface area contributed by atoms with Gasteiger partial charge < -0.3 is 9.64 Å². The van der Waals surface area contributed by atoms with E-state index in [2.05, 4.69) is 16.3 Å². The lowest BCUT2D eigenvalue weighted by molar-refractivity contribution is 0.0459. The van der Waals surface area contributed by atoms with Crippen LogP contribution in [0.4, 0.5) is 4.79 Å². The molecule has 1 aliphatic rings. The van der Waals surface area contributed by atoms with E-state index in [0.29, 0.717) is 25.8 Å². The molecule has 0 saturated carbocycles. The SMILES string of the molecule is C=C(C)c1cccc(C[C@H]2[C@@H](NS(C)(=O)=O)CCCN2C(=O)OC(C)C)n1. The summed E-state index contributed by atoms with van der Waals surface area (Å²) >= 11 is 0. The molecule has 0 aromatic carbocycles. The number of nitrogens with one attached hydrogen (secondary N) is 1. The number of hydrogen-bond acceptors (Lipinski definition) is 5. The zero-order valence-corrected chi connectivity index (χ0v) is 17.3. The Morgan fingerprint density at radius 3 is 2.74 bits per heavy atom. The molecule has 0 bridgehead atoms. The quantitative estimate of drug-likeness (QED) is 0.800. The van der Waals surface area contributed by atoms with Gasteiger partial charge in [0, 0.05) is 24.7 Å². The molecule has 0 unspecified atom stereocenters. The second kappa shape index (κ2) is 8.84. The second-order valence-electron chi connectivity index (χ2n) is 7.33. The fraction of sp³-hybridized carbons (Fsp3) is 0.579. The van der Waals surface area contributed by atoms with Crippen molar-refractivity contribution in [1.82, 2.24) is 14.6 Å². The van der Waals surface area contributed by atoms with Gasteiger partial charge in [0.15, 0.2) is 0 Å². The third kappa shape index (κ3) is 6.32. The molecule has 0 aliphatic carbocycles. The summed E-state index contributed by atoms with van der Waals surface area (Å²) in [5.74, 6) is 0. The van der Waals surface area contributed by atoms with E-state index < -0.39 is 16.1 Å². The molecule has 1 amide bonds. The lowest BCUT2D eigenvalue weighted by Gasteiger charge is -2.40. The number of amides is 1. The Hall–Kier alpha value is -1.93. The number of ether oxygens (including phenoxy) is 1. The number of allylic oxidation sites excluding steroid dienone is 1. The summed E-state index contributed by atoms with van der Waals surface area (Å²) in [6.45, 7) is 9.91. The molecule has 2 atom stereocenters. The van der Waals surface area contributed by atoms with Crippen LogP contribution in [0, 0.1) is 0 Å². The van der Waals surface area contributed by atoms with Gasteiger partial charge in [-0.15, -0.1) is 0 Å². The Morgan fingerprint density at radius 2 is 2.15 bits per heavy atom. The van der Waals surface area contributed by atoms with Gasteiger partial charge in [0.05, 0.1) is 24.1 Å². The second-order valence-corrected chi connectivity index (χ2v) is 9.11. The number of hydrogen-bond donors (Lipinski definition) is 1. The van der Waals surface area contributed by atoms with Crippen molar-refractivity contribution in [3.63, 3.8) is 0 Å². The van der Waals surface area contributed by atoms with Gasteiger partial charge in [0.25, 0.3) is 0 Å². The van der Waals surface area contributed by atoms with E-state index in [0.717, 1.165) is 23.2 Å². The highest BCUT2D eigenvalue weighted by Gasteiger charge is 2.37. The van der Waals surface area contributed by atoms with E-state index in [9.17, 15) is 13.2 Å². The van der Waals surface area contributed by atoms with Gasteiger partial charge in [-0.1, -0.05) is 12.6 Å². The summed E-state index contributed by atoms with van der Waals surface area (Å²) in [6, 6.07) is 4.90. The first-order chi connectivity index (χ1) is 12.6. The minimum atomic E-state index is -3.41. The van der Waals surface area contributed by atoms with Gasteiger partial charge in [0.1, 0.15) is 0 Å². The molecule has 7 nitrogen and oxygen atoms in total. The highest BCUT2D eigenvalue weighted by molar-refractivity contribution is 7.88. The van der Waals surface area contributed by atoms with Crippen molar-refractivity contribution in [3.05, 3.63) is 36.2 Å². The monoisotopic (exact) mass is 395 g/mol. The van der Waals surface area contributed by atoms with Crippen molar-refractivity contribution >= 4 is 21.7 Å². The number of pyridine rings is 1. The standard InChI is InChI=1S/C19H29N3O4S/c1-13(2)16-9-6-8-15(20-16)12-18-17(21-27(5,24)25)10-7-11-22(18)19(23)26-14(3)4/h6,8-9,14,17-18,21H,1,7,10-12H2,2-5H3/t17-,18-/m0/s1. The largest absolute Gasteiger partial charge is 0.447 e. The Labute approximate surface area is 161 Å². The van der Waals surface area contributed by atoms with Gasteiger partial charge in [0.2, 0.25) is 10.0 Å². The van der Waals surface area contributed by atoms with Crippen LogP contribution in [-0.2, 0) is 21.2 Å². The van der Waals surface area contributed by atoms with Gasteiger partial charge in [-0.25, -0.2) is 17.9 Å². The van der Waals surface area contributed by atoms with Crippen LogP contribution in [0.25, 0.3) is 5.57 Å². The molecule has 1 saturated heterocycles. The predicted molar refractivity (Wildman–Crippen MR) is 106 cm³/mol. The topological polar surface area (TPSA) is 88.6 Å². The van der Waals surface area contributed by atoms with Crippen LogP contribution >= 0.6 is 0 Å². The van der Waals surface area contributed by atoms with E-state index in [1.54, 1.807) is 18.7 Å². The molecule has 1 aromatic heterocycles. The third-order valence-electron chi connectivity index (χ3n) is 4.38. The lowest BCUT2D eigenvalue weighted by atomic mass is 9.93. The van der Waals surface area contributed by atoms with Gasteiger partial charge >= 0.3 is 6.09 Å². The van der Waals surface area contributed by atoms with Crippen LogP contribution in [0.2, 0.25) is 0 Å². The number of nitrogens with zero attached hydrogens (tertiary/aromatic N) is 2.